The summed E-state index contributed by atoms with van der Waals surface area (Å²) in [6.45, 7) is 0. The lowest BCUT2D eigenvalue weighted by Crippen LogP contribution is -2.40. The van der Waals surface area contributed by atoms with E-state index in [2.05, 4.69) is 10.9 Å². The maximum Gasteiger partial charge on any atom is 0.305 e. The second-order valence-electron chi connectivity index (χ2n) is 3.27. The van der Waals surface area contributed by atoms with E-state index >= 15 is 0 Å². The van der Waals surface area contributed by atoms with Gasteiger partial charge in [-0.1, -0.05) is 0 Å². The monoisotopic (exact) mass is 246 g/mol. The first kappa shape index (κ1) is 11.7. The van der Waals surface area contributed by atoms with Crippen molar-refractivity contribution in [1.82, 2.24) is 10.9 Å². The highest BCUT2D eigenvalue weighted by Gasteiger charge is 2.07. The van der Waals surface area contributed by atoms with Crippen molar-refractivity contribution in [3.63, 3.8) is 0 Å². The van der Waals surface area contributed by atoms with E-state index in [-0.39, 0.29) is 5.76 Å². The molecule has 0 aliphatic rings. The molecule has 2 aromatic rings. The molecular weight excluding hydrogens is 236 g/mol. The van der Waals surface area contributed by atoms with Gasteiger partial charge in [-0.2, -0.15) is 0 Å². The smallest absolute Gasteiger partial charge is 0.305 e. The van der Waals surface area contributed by atoms with Crippen LogP contribution >= 0.6 is 0 Å². The van der Waals surface area contributed by atoms with Gasteiger partial charge in [0, 0.05) is 6.08 Å². The minimum Gasteiger partial charge on any atom is -0.465 e. The van der Waals surface area contributed by atoms with E-state index in [1.807, 2.05) is 0 Å². The summed E-state index contributed by atoms with van der Waals surface area (Å²) in [5, 5.41) is 0. The maximum absolute atomic E-state index is 11.4. The van der Waals surface area contributed by atoms with Crippen molar-refractivity contribution in [2.75, 3.05) is 0 Å². The highest BCUT2D eigenvalue weighted by molar-refractivity contribution is 5.96. The Morgan fingerprint density at radius 1 is 1.06 bits per heavy atom. The molecular formula is C12H10N2O4. The molecule has 2 rings (SSSR count). The van der Waals surface area contributed by atoms with E-state index in [0.717, 1.165) is 0 Å². The van der Waals surface area contributed by atoms with Gasteiger partial charge in [0.2, 0.25) is 0 Å². The molecule has 2 N–H and O–H groups in total. The molecule has 0 aliphatic heterocycles. The zero-order valence-electron chi connectivity index (χ0n) is 9.25. The topological polar surface area (TPSA) is 84.5 Å². The molecule has 0 atom stereocenters. The molecule has 0 fully saturated rings. The third kappa shape index (κ3) is 3.11. The molecule has 6 nitrogen and oxygen atoms in total. The van der Waals surface area contributed by atoms with Gasteiger partial charge < -0.3 is 8.83 Å². The first-order valence-electron chi connectivity index (χ1n) is 5.11. The lowest BCUT2D eigenvalue weighted by atomic mass is 10.4. The lowest BCUT2D eigenvalue weighted by Gasteiger charge is -2.02. The number of carbonyl (C=O) groups excluding carboxylic acids is 2. The lowest BCUT2D eigenvalue weighted by molar-refractivity contribution is -0.117. The summed E-state index contributed by atoms with van der Waals surface area (Å²) in [5.74, 6) is -0.348. The van der Waals surface area contributed by atoms with E-state index in [4.69, 9.17) is 8.83 Å². The first-order valence-corrected chi connectivity index (χ1v) is 5.11. The molecule has 0 radical (unpaired) electrons. The van der Waals surface area contributed by atoms with Gasteiger partial charge in [0.1, 0.15) is 5.76 Å². The SMILES string of the molecule is O=C(/C=C/c1ccco1)NNC(=O)c1ccco1. The second kappa shape index (κ2) is 5.53. The van der Waals surface area contributed by atoms with Gasteiger partial charge in [-0.15, -0.1) is 0 Å². The standard InChI is InChI=1S/C12H10N2O4/c15-11(6-5-9-3-1-7-17-9)13-14-12(16)10-4-2-8-18-10/h1-8H,(H,13,15)(H,14,16)/b6-5+. The molecule has 2 amide bonds. The van der Waals surface area contributed by atoms with Crippen LogP contribution in [0.25, 0.3) is 6.08 Å². The Morgan fingerprint density at radius 2 is 1.83 bits per heavy atom. The number of amides is 2. The fraction of sp³-hybridized carbons (Fsp3) is 0. The van der Waals surface area contributed by atoms with Crippen molar-refractivity contribution in [3.05, 3.63) is 54.4 Å². The van der Waals surface area contributed by atoms with Crippen LogP contribution in [-0.2, 0) is 4.79 Å². The molecule has 0 aromatic carbocycles. The molecule has 0 unspecified atom stereocenters. The average molecular weight is 246 g/mol. The van der Waals surface area contributed by atoms with E-state index in [0.29, 0.717) is 5.76 Å². The van der Waals surface area contributed by atoms with Crippen molar-refractivity contribution in [3.8, 4) is 0 Å². The Kier molecular flexibility index (Phi) is 3.60. The average Bonchev–Trinajstić information content (AvgIpc) is 3.05. The molecule has 0 spiro atoms. The molecule has 2 aromatic heterocycles. The van der Waals surface area contributed by atoms with Crippen LogP contribution in [0.1, 0.15) is 16.3 Å². The molecule has 0 saturated carbocycles. The van der Waals surface area contributed by atoms with Gasteiger partial charge in [-0.05, 0) is 30.3 Å². The predicted molar refractivity (Wildman–Crippen MR) is 62.1 cm³/mol. The maximum atomic E-state index is 11.4. The van der Waals surface area contributed by atoms with E-state index < -0.39 is 11.8 Å². The Labute approximate surface area is 102 Å². The van der Waals surface area contributed by atoms with Gasteiger partial charge in [-0.3, -0.25) is 20.4 Å². The molecule has 0 saturated heterocycles. The number of carbonyl (C=O) groups is 2. The van der Waals surface area contributed by atoms with Crippen molar-refractivity contribution < 1.29 is 18.4 Å². The van der Waals surface area contributed by atoms with Crippen LogP contribution in [0.2, 0.25) is 0 Å². The molecule has 0 aliphatic carbocycles. The summed E-state index contributed by atoms with van der Waals surface area (Å²) in [7, 11) is 0. The number of rotatable bonds is 3. The quantitative estimate of drug-likeness (QED) is 0.632. The first-order chi connectivity index (χ1) is 8.75. The van der Waals surface area contributed by atoms with Gasteiger partial charge in [0.15, 0.2) is 5.76 Å². The van der Waals surface area contributed by atoms with Crippen molar-refractivity contribution in [2.45, 2.75) is 0 Å². The second-order valence-corrected chi connectivity index (χ2v) is 3.27. The van der Waals surface area contributed by atoms with Crippen molar-refractivity contribution in [1.29, 1.82) is 0 Å². The number of nitrogens with one attached hydrogen (secondary N) is 2. The fourth-order valence-electron chi connectivity index (χ4n) is 1.17. The van der Waals surface area contributed by atoms with Gasteiger partial charge in [-0.25, -0.2) is 0 Å². The zero-order valence-corrected chi connectivity index (χ0v) is 9.25. The molecule has 2 heterocycles. The van der Waals surface area contributed by atoms with Crippen LogP contribution in [0.3, 0.4) is 0 Å². The Morgan fingerprint density at radius 3 is 2.50 bits per heavy atom. The summed E-state index contributed by atoms with van der Waals surface area (Å²) in [4.78, 5) is 22.7. The molecule has 0 bridgehead atoms. The number of hydrazine groups is 1. The summed E-state index contributed by atoms with van der Waals surface area (Å²) in [6.07, 6.45) is 5.58. The van der Waals surface area contributed by atoms with Gasteiger partial charge >= 0.3 is 5.91 Å². The Hall–Kier alpha value is -2.76. The molecule has 18 heavy (non-hydrogen) atoms. The third-order valence-corrected chi connectivity index (χ3v) is 1.99. The van der Waals surface area contributed by atoms with Gasteiger partial charge in [0.05, 0.1) is 12.5 Å². The Balaban J connectivity index is 1.80. The number of furan rings is 2. The van der Waals surface area contributed by atoms with Crippen molar-refractivity contribution >= 4 is 17.9 Å². The highest BCUT2D eigenvalue weighted by Crippen LogP contribution is 2.01. The Bertz CT molecular complexity index is 541. The molecule has 92 valence electrons. The number of hydrogen-bond donors (Lipinski definition) is 2. The largest absolute Gasteiger partial charge is 0.465 e. The molecule has 6 heteroatoms. The minimum atomic E-state index is -0.528. The van der Waals surface area contributed by atoms with Crippen LogP contribution in [0, 0.1) is 0 Å². The predicted octanol–water partition coefficient (Wildman–Crippen LogP) is 1.35. The van der Waals surface area contributed by atoms with Gasteiger partial charge in [0.25, 0.3) is 5.91 Å². The number of hydrogen-bond acceptors (Lipinski definition) is 4. The van der Waals surface area contributed by atoms with Crippen molar-refractivity contribution in [2.24, 2.45) is 0 Å². The van der Waals surface area contributed by atoms with Crippen LogP contribution in [0.5, 0.6) is 0 Å². The van der Waals surface area contributed by atoms with E-state index in [1.165, 1.54) is 30.7 Å². The fourth-order valence-corrected chi connectivity index (χ4v) is 1.17. The normalized spacial score (nSPS) is 10.4. The van der Waals surface area contributed by atoms with E-state index in [9.17, 15) is 9.59 Å². The zero-order chi connectivity index (χ0) is 12.8. The van der Waals surface area contributed by atoms with Crippen LogP contribution < -0.4 is 10.9 Å². The minimum absolute atomic E-state index is 0.116. The van der Waals surface area contributed by atoms with Crippen LogP contribution in [0.4, 0.5) is 0 Å². The third-order valence-electron chi connectivity index (χ3n) is 1.99. The highest BCUT2D eigenvalue weighted by atomic mass is 16.3. The van der Waals surface area contributed by atoms with Crippen LogP contribution in [0.15, 0.2) is 51.7 Å². The summed E-state index contributed by atoms with van der Waals surface area (Å²) in [6, 6.07) is 6.47. The summed E-state index contributed by atoms with van der Waals surface area (Å²) < 4.78 is 9.85. The summed E-state index contributed by atoms with van der Waals surface area (Å²) in [5.41, 5.74) is 4.41. The summed E-state index contributed by atoms with van der Waals surface area (Å²) >= 11 is 0. The van der Waals surface area contributed by atoms with E-state index in [1.54, 1.807) is 18.2 Å². The van der Waals surface area contributed by atoms with Crippen LogP contribution in [-0.4, -0.2) is 11.8 Å².